The summed E-state index contributed by atoms with van der Waals surface area (Å²) in [5, 5.41) is 14.8. The first-order valence-electron chi connectivity index (χ1n) is 8.56. The minimum atomic E-state index is 0.220. The van der Waals surface area contributed by atoms with Gasteiger partial charge in [-0.25, -0.2) is 9.50 Å². The Labute approximate surface area is 148 Å². The van der Waals surface area contributed by atoms with Gasteiger partial charge in [0.15, 0.2) is 17.0 Å². The number of hydrogen-bond donors (Lipinski definition) is 3. The van der Waals surface area contributed by atoms with E-state index in [0.29, 0.717) is 23.0 Å². The van der Waals surface area contributed by atoms with Crippen molar-refractivity contribution in [2.45, 2.75) is 18.9 Å². The summed E-state index contributed by atoms with van der Waals surface area (Å²) in [7, 11) is 0. The maximum Gasteiger partial charge on any atom is 0.224 e. The Bertz CT molecular complexity index is 1080. The molecule has 10 nitrogen and oxygen atoms in total. The van der Waals surface area contributed by atoms with E-state index in [1.807, 2.05) is 22.9 Å². The molecule has 0 aliphatic carbocycles. The Balaban J connectivity index is 1.58. The van der Waals surface area contributed by atoms with E-state index >= 15 is 0 Å². The minimum absolute atomic E-state index is 0.220. The van der Waals surface area contributed by atoms with Crippen molar-refractivity contribution in [3.63, 3.8) is 0 Å². The Morgan fingerprint density at radius 1 is 1.19 bits per heavy atom. The van der Waals surface area contributed by atoms with Crippen LogP contribution >= 0.6 is 0 Å². The van der Waals surface area contributed by atoms with Gasteiger partial charge >= 0.3 is 0 Å². The van der Waals surface area contributed by atoms with Crippen molar-refractivity contribution in [3.05, 3.63) is 30.9 Å². The molecule has 0 amide bonds. The van der Waals surface area contributed by atoms with Crippen molar-refractivity contribution in [2.24, 2.45) is 0 Å². The number of nitrogens with two attached hydrogens (primary N) is 1. The van der Waals surface area contributed by atoms with Crippen LogP contribution < -0.4 is 16.4 Å². The highest BCUT2D eigenvalue weighted by Crippen LogP contribution is 2.24. The molecule has 5 rings (SSSR count). The van der Waals surface area contributed by atoms with Gasteiger partial charge in [0.25, 0.3) is 0 Å². The predicted molar refractivity (Wildman–Crippen MR) is 97.1 cm³/mol. The summed E-state index contributed by atoms with van der Waals surface area (Å²) in [6.07, 6.45) is 7.38. The fourth-order valence-electron chi connectivity index (χ4n) is 3.32. The number of nitrogens with zero attached hydrogens (tertiary/aromatic N) is 7. The summed E-state index contributed by atoms with van der Waals surface area (Å²) in [5.41, 5.74) is 9.12. The van der Waals surface area contributed by atoms with Crippen LogP contribution in [0.2, 0.25) is 0 Å². The third kappa shape index (κ3) is 2.51. The molecule has 132 valence electrons. The first-order chi connectivity index (χ1) is 12.8. The molecule has 0 spiro atoms. The van der Waals surface area contributed by atoms with Crippen molar-refractivity contribution in [1.82, 2.24) is 39.7 Å². The van der Waals surface area contributed by atoms with E-state index in [1.165, 1.54) is 0 Å². The standard InChI is InChI=1S/C16H18N10/c17-16-22-14(21-10-3-5-18-6-4-10)13-15(23-16)25(9-19-13)12-2-1-11-7-20-24-26(11)8-12/h1-2,7-10,18H,3-6H2,(H3,17,21,22,23). The fourth-order valence-corrected chi connectivity index (χ4v) is 3.32. The smallest absolute Gasteiger partial charge is 0.224 e. The molecule has 0 unspecified atom stereocenters. The highest BCUT2D eigenvalue weighted by atomic mass is 15.4. The number of hydrogen-bond acceptors (Lipinski definition) is 8. The van der Waals surface area contributed by atoms with E-state index in [4.69, 9.17) is 5.73 Å². The zero-order chi connectivity index (χ0) is 17.5. The third-order valence-electron chi connectivity index (χ3n) is 4.65. The molecule has 4 aromatic rings. The Kier molecular flexibility index (Phi) is 3.42. The van der Waals surface area contributed by atoms with Crippen LogP contribution in [0.5, 0.6) is 0 Å². The van der Waals surface area contributed by atoms with E-state index in [0.717, 1.165) is 37.1 Å². The number of nitrogen functional groups attached to an aromatic ring is 1. The van der Waals surface area contributed by atoms with Crippen molar-refractivity contribution in [2.75, 3.05) is 24.1 Å². The maximum atomic E-state index is 5.97. The normalized spacial score (nSPS) is 15.7. The molecule has 0 aromatic carbocycles. The zero-order valence-corrected chi connectivity index (χ0v) is 14.0. The average Bonchev–Trinajstić information content (AvgIpc) is 3.28. The van der Waals surface area contributed by atoms with Crippen LogP contribution in [0.3, 0.4) is 0 Å². The number of fused-ring (bicyclic) bond motifs is 2. The first-order valence-corrected chi connectivity index (χ1v) is 8.56. The number of aromatic nitrogens is 7. The van der Waals surface area contributed by atoms with Crippen LogP contribution in [-0.2, 0) is 0 Å². The summed E-state index contributed by atoms with van der Waals surface area (Å²) in [6, 6.07) is 4.27. The summed E-state index contributed by atoms with van der Waals surface area (Å²) in [4.78, 5) is 13.3. The van der Waals surface area contributed by atoms with Crippen LogP contribution in [0.15, 0.2) is 30.9 Å². The molecule has 0 saturated carbocycles. The van der Waals surface area contributed by atoms with Crippen LogP contribution in [0.4, 0.5) is 11.8 Å². The van der Waals surface area contributed by atoms with Gasteiger partial charge in [0.2, 0.25) is 5.95 Å². The lowest BCUT2D eigenvalue weighted by Crippen LogP contribution is -2.35. The van der Waals surface area contributed by atoms with Crippen LogP contribution in [0.1, 0.15) is 12.8 Å². The van der Waals surface area contributed by atoms with E-state index in [2.05, 4.69) is 35.9 Å². The van der Waals surface area contributed by atoms with Gasteiger partial charge in [0, 0.05) is 6.04 Å². The Hall–Kier alpha value is -3.27. The quantitative estimate of drug-likeness (QED) is 0.491. The molecule has 5 heterocycles. The molecule has 10 heteroatoms. The van der Waals surface area contributed by atoms with Gasteiger partial charge in [0.05, 0.1) is 23.6 Å². The SMILES string of the molecule is Nc1nc(NC2CCNCC2)c2ncn(-c3ccc4cnnn4c3)c2n1. The number of anilines is 2. The Morgan fingerprint density at radius 3 is 2.96 bits per heavy atom. The second-order valence-electron chi connectivity index (χ2n) is 6.38. The number of pyridine rings is 1. The van der Waals surface area contributed by atoms with Crippen molar-refractivity contribution in [1.29, 1.82) is 0 Å². The minimum Gasteiger partial charge on any atom is -0.368 e. The lowest BCUT2D eigenvalue weighted by atomic mass is 10.1. The molecule has 0 atom stereocenters. The topological polar surface area (TPSA) is 124 Å². The fraction of sp³-hybridized carbons (Fsp3) is 0.312. The molecule has 26 heavy (non-hydrogen) atoms. The highest BCUT2D eigenvalue weighted by molar-refractivity contribution is 5.85. The number of imidazole rings is 1. The van der Waals surface area contributed by atoms with Gasteiger partial charge in [-0.15, -0.1) is 5.10 Å². The molecule has 4 aromatic heterocycles. The van der Waals surface area contributed by atoms with Crippen LogP contribution in [0, 0.1) is 0 Å². The summed E-state index contributed by atoms with van der Waals surface area (Å²) in [6.45, 7) is 1.99. The molecule has 1 fully saturated rings. The first kappa shape index (κ1) is 15.0. The summed E-state index contributed by atoms with van der Waals surface area (Å²) >= 11 is 0. The average molecular weight is 350 g/mol. The van der Waals surface area contributed by atoms with Crippen molar-refractivity contribution in [3.8, 4) is 5.69 Å². The van der Waals surface area contributed by atoms with Gasteiger partial charge in [-0.2, -0.15) is 9.97 Å². The van der Waals surface area contributed by atoms with Gasteiger partial charge in [-0.05, 0) is 38.1 Å². The largest absolute Gasteiger partial charge is 0.368 e. The molecule has 0 bridgehead atoms. The second-order valence-corrected chi connectivity index (χ2v) is 6.38. The molecule has 1 saturated heterocycles. The molecule has 0 radical (unpaired) electrons. The van der Waals surface area contributed by atoms with Crippen LogP contribution in [-0.4, -0.2) is 53.5 Å². The van der Waals surface area contributed by atoms with Gasteiger partial charge in [-0.3, -0.25) is 4.57 Å². The maximum absolute atomic E-state index is 5.97. The molecule has 1 aliphatic rings. The summed E-state index contributed by atoms with van der Waals surface area (Å²) < 4.78 is 3.59. The zero-order valence-electron chi connectivity index (χ0n) is 14.0. The molecule has 1 aliphatic heterocycles. The van der Waals surface area contributed by atoms with E-state index in [9.17, 15) is 0 Å². The third-order valence-corrected chi connectivity index (χ3v) is 4.65. The second kappa shape index (κ2) is 5.92. The van der Waals surface area contributed by atoms with Gasteiger partial charge in [0.1, 0.15) is 6.33 Å². The number of nitrogens with one attached hydrogen (secondary N) is 2. The van der Waals surface area contributed by atoms with Crippen LogP contribution in [0.25, 0.3) is 22.4 Å². The highest BCUT2D eigenvalue weighted by Gasteiger charge is 2.18. The van der Waals surface area contributed by atoms with Crippen molar-refractivity contribution >= 4 is 28.4 Å². The summed E-state index contributed by atoms with van der Waals surface area (Å²) in [5.74, 6) is 0.900. The Morgan fingerprint density at radius 2 is 2.08 bits per heavy atom. The van der Waals surface area contributed by atoms with E-state index in [-0.39, 0.29) is 5.95 Å². The van der Waals surface area contributed by atoms with Crippen molar-refractivity contribution < 1.29 is 0 Å². The number of piperidine rings is 1. The predicted octanol–water partition coefficient (Wildman–Crippen LogP) is 0.604. The molecular formula is C16H18N10. The number of rotatable bonds is 3. The van der Waals surface area contributed by atoms with Gasteiger partial charge in [-0.1, -0.05) is 5.21 Å². The van der Waals surface area contributed by atoms with Gasteiger partial charge < -0.3 is 16.4 Å². The molecular weight excluding hydrogens is 332 g/mol. The monoisotopic (exact) mass is 350 g/mol. The lowest BCUT2D eigenvalue weighted by Gasteiger charge is -2.24. The molecule has 4 N–H and O–H groups in total. The van der Waals surface area contributed by atoms with E-state index < -0.39 is 0 Å². The van der Waals surface area contributed by atoms with E-state index in [1.54, 1.807) is 17.0 Å². The lowest BCUT2D eigenvalue weighted by molar-refractivity contribution is 0.478.